The number of nitrogens with zero attached hydrogens (tertiary/aromatic N) is 2. The van der Waals surface area contributed by atoms with Gasteiger partial charge in [-0.2, -0.15) is 4.21 Å². The Morgan fingerprint density at radius 2 is 2.27 bits per heavy atom. The van der Waals surface area contributed by atoms with E-state index in [9.17, 15) is 14.3 Å². The maximum absolute atomic E-state index is 10.6. The molecule has 0 atom stereocenters. The molecule has 0 bridgehead atoms. The molecule has 0 heterocycles. The third-order valence-electron chi connectivity index (χ3n) is 1.91. The monoisotopic (exact) mass is 226 g/mol. The molecule has 0 aliphatic heterocycles. The molecule has 0 aromatic heterocycles. The van der Waals surface area contributed by atoms with Gasteiger partial charge in [0.1, 0.15) is 0 Å². The zero-order valence-electron chi connectivity index (χ0n) is 8.17. The van der Waals surface area contributed by atoms with Gasteiger partial charge in [0.2, 0.25) is 11.5 Å². The van der Waals surface area contributed by atoms with E-state index in [4.69, 9.17) is 0 Å². The molecule has 0 unspecified atom stereocenters. The van der Waals surface area contributed by atoms with Gasteiger partial charge in [-0.25, -0.2) is 0 Å². The van der Waals surface area contributed by atoms with E-state index in [2.05, 4.69) is 4.36 Å². The fourth-order valence-corrected chi connectivity index (χ4v) is 1.51. The Bertz CT molecular complexity index is 427. The third-order valence-corrected chi connectivity index (χ3v) is 2.18. The predicted molar refractivity (Wildman–Crippen MR) is 57.3 cm³/mol. The summed E-state index contributed by atoms with van der Waals surface area (Å²) in [7, 11) is 0. The molecule has 0 saturated heterocycles. The molecule has 1 aromatic rings. The molecule has 0 fully saturated rings. The molecule has 6 heteroatoms. The number of nitro groups is 1. The summed E-state index contributed by atoms with van der Waals surface area (Å²) in [5, 5.41) is 10.6. The highest BCUT2D eigenvalue weighted by molar-refractivity contribution is 7.54. The van der Waals surface area contributed by atoms with Gasteiger partial charge in [-0.15, -0.1) is 4.36 Å². The van der Waals surface area contributed by atoms with E-state index in [1.807, 2.05) is 6.92 Å². The van der Waals surface area contributed by atoms with Crippen molar-refractivity contribution in [2.24, 2.45) is 4.36 Å². The minimum atomic E-state index is -0.537. The van der Waals surface area contributed by atoms with Gasteiger partial charge in [0.05, 0.1) is 4.92 Å². The van der Waals surface area contributed by atoms with Gasteiger partial charge in [0, 0.05) is 6.07 Å². The summed E-state index contributed by atoms with van der Waals surface area (Å²) in [6, 6.07) is 4.67. The average molecular weight is 226 g/mol. The van der Waals surface area contributed by atoms with Crippen molar-refractivity contribution in [3.05, 3.63) is 33.9 Å². The standard InChI is InChI=1S/C9H10N2O3S/c1-2-3-7-4-5-9(11(12)13)8(6-7)10-15-14/h4-6H,2-3H2,1H3. The number of hydrogen-bond acceptors (Lipinski definition) is 4. The highest BCUT2D eigenvalue weighted by atomic mass is 32.1. The lowest BCUT2D eigenvalue weighted by atomic mass is 10.1. The first-order valence-electron chi connectivity index (χ1n) is 4.46. The summed E-state index contributed by atoms with van der Waals surface area (Å²) in [5.74, 6) is 0. The molecule has 0 saturated carbocycles. The van der Waals surface area contributed by atoms with Crippen LogP contribution < -0.4 is 0 Å². The van der Waals surface area contributed by atoms with Crippen molar-refractivity contribution in [1.82, 2.24) is 0 Å². The molecule has 0 amide bonds. The van der Waals surface area contributed by atoms with E-state index in [1.165, 1.54) is 6.07 Å². The van der Waals surface area contributed by atoms with Crippen molar-refractivity contribution in [3.63, 3.8) is 0 Å². The van der Waals surface area contributed by atoms with Gasteiger partial charge in [0.15, 0.2) is 5.69 Å². The van der Waals surface area contributed by atoms with Crippen LogP contribution in [0.3, 0.4) is 0 Å². The summed E-state index contributed by atoms with van der Waals surface area (Å²) in [6.07, 6.45) is 1.77. The number of aryl methyl sites for hydroxylation is 1. The summed E-state index contributed by atoms with van der Waals surface area (Å²) in [5.41, 5.74) is 0.972. The van der Waals surface area contributed by atoms with Crippen LogP contribution in [0.25, 0.3) is 0 Å². The molecule has 0 spiro atoms. The van der Waals surface area contributed by atoms with Crippen LogP contribution in [0.15, 0.2) is 22.6 Å². The fraction of sp³-hybridized carbons (Fsp3) is 0.333. The van der Waals surface area contributed by atoms with Crippen molar-refractivity contribution in [2.45, 2.75) is 19.8 Å². The van der Waals surface area contributed by atoms with E-state index < -0.39 is 4.92 Å². The molecule has 0 aliphatic rings. The third kappa shape index (κ3) is 2.95. The smallest absolute Gasteiger partial charge is 0.258 e. The Balaban J connectivity index is 3.20. The van der Waals surface area contributed by atoms with E-state index in [1.54, 1.807) is 12.1 Å². The van der Waals surface area contributed by atoms with Gasteiger partial charge in [-0.3, -0.25) is 10.1 Å². The molecule has 0 N–H and O–H groups in total. The fourth-order valence-electron chi connectivity index (χ4n) is 1.28. The Labute approximate surface area is 90.5 Å². The zero-order chi connectivity index (χ0) is 11.3. The molecule has 1 aromatic carbocycles. The van der Waals surface area contributed by atoms with E-state index in [0.717, 1.165) is 18.4 Å². The average Bonchev–Trinajstić information content (AvgIpc) is 2.18. The number of hydrogen-bond donors (Lipinski definition) is 0. The Hall–Kier alpha value is -1.56. The van der Waals surface area contributed by atoms with E-state index in [-0.39, 0.29) is 22.8 Å². The first-order valence-corrected chi connectivity index (χ1v) is 5.16. The summed E-state index contributed by atoms with van der Waals surface area (Å²) in [6.45, 7) is 2.01. The molecule has 80 valence electrons. The largest absolute Gasteiger partial charge is 0.296 e. The maximum atomic E-state index is 10.6. The van der Waals surface area contributed by atoms with Gasteiger partial charge >= 0.3 is 0 Å². The van der Waals surface area contributed by atoms with Gasteiger partial charge in [-0.1, -0.05) is 19.4 Å². The molecule has 1 rings (SSSR count). The first-order chi connectivity index (χ1) is 7.19. The lowest BCUT2D eigenvalue weighted by molar-refractivity contribution is -0.384. The van der Waals surface area contributed by atoms with Crippen LogP contribution in [0.1, 0.15) is 18.9 Å². The number of benzene rings is 1. The van der Waals surface area contributed by atoms with Crippen LogP contribution in [0.2, 0.25) is 0 Å². The predicted octanol–water partition coefficient (Wildman–Crippen LogP) is 2.58. The SMILES string of the molecule is CCCc1ccc([N+](=O)[O-])c(N=S=O)c1. The highest BCUT2D eigenvalue weighted by Gasteiger charge is 2.13. The van der Waals surface area contributed by atoms with Crippen molar-refractivity contribution >= 4 is 22.8 Å². The van der Waals surface area contributed by atoms with Crippen molar-refractivity contribution in [2.75, 3.05) is 0 Å². The van der Waals surface area contributed by atoms with Crippen LogP contribution in [0, 0.1) is 10.1 Å². The Kier molecular flexibility index (Phi) is 4.11. The van der Waals surface area contributed by atoms with E-state index in [0.29, 0.717) is 0 Å². The van der Waals surface area contributed by atoms with Crippen molar-refractivity contribution < 1.29 is 9.13 Å². The number of rotatable bonds is 4. The van der Waals surface area contributed by atoms with Crippen LogP contribution in [-0.4, -0.2) is 9.13 Å². The van der Waals surface area contributed by atoms with Crippen molar-refractivity contribution in [3.8, 4) is 0 Å². The Morgan fingerprint density at radius 1 is 1.53 bits per heavy atom. The number of nitro benzene ring substituents is 1. The second kappa shape index (κ2) is 5.35. The normalized spacial score (nSPS) is 9.67. The molecule has 0 aliphatic carbocycles. The lowest BCUT2D eigenvalue weighted by Crippen LogP contribution is -1.90. The minimum Gasteiger partial charge on any atom is -0.258 e. The summed E-state index contributed by atoms with van der Waals surface area (Å²) in [4.78, 5) is 10.1. The molecule has 0 radical (unpaired) electrons. The van der Waals surface area contributed by atoms with Crippen LogP contribution in [0.5, 0.6) is 0 Å². The summed E-state index contributed by atoms with van der Waals surface area (Å²) >= 11 is -0.0164. The van der Waals surface area contributed by atoms with Gasteiger partial charge < -0.3 is 0 Å². The van der Waals surface area contributed by atoms with Crippen LogP contribution in [0.4, 0.5) is 11.4 Å². The molecular formula is C9H10N2O3S. The van der Waals surface area contributed by atoms with Gasteiger partial charge in [0.25, 0.3) is 5.69 Å². The topological polar surface area (TPSA) is 72.6 Å². The molecule has 5 nitrogen and oxygen atoms in total. The second-order valence-corrected chi connectivity index (χ2v) is 3.33. The highest BCUT2D eigenvalue weighted by Crippen LogP contribution is 2.28. The van der Waals surface area contributed by atoms with Crippen molar-refractivity contribution in [1.29, 1.82) is 0 Å². The second-order valence-electron chi connectivity index (χ2n) is 3.00. The zero-order valence-corrected chi connectivity index (χ0v) is 8.99. The maximum Gasteiger partial charge on any atom is 0.296 e. The molecular weight excluding hydrogens is 216 g/mol. The van der Waals surface area contributed by atoms with E-state index >= 15 is 0 Å². The first kappa shape index (κ1) is 11.5. The van der Waals surface area contributed by atoms with Crippen LogP contribution >= 0.6 is 0 Å². The van der Waals surface area contributed by atoms with Gasteiger partial charge in [-0.05, 0) is 18.1 Å². The summed E-state index contributed by atoms with van der Waals surface area (Å²) < 4.78 is 13.8. The molecule has 15 heavy (non-hydrogen) atoms. The minimum absolute atomic E-state index is 0.0164. The quantitative estimate of drug-likeness (QED) is 0.585. The van der Waals surface area contributed by atoms with Crippen LogP contribution in [-0.2, 0) is 17.9 Å². The lowest BCUT2D eigenvalue weighted by Gasteiger charge is -2.00. The Morgan fingerprint density at radius 3 is 2.80 bits per heavy atom.